The molecule has 0 bridgehead atoms. The van der Waals surface area contributed by atoms with Crippen molar-refractivity contribution in [3.63, 3.8) is 0 Å². The lowest BCUT2D eigenvalue weighted by Gasteiger charge is -2.26. The van der Waals surface area contributed by atoms with E-state index in [0.717, 1.165) is 24.4 Å². The molecular formula is C15H19ClFN3. The maximum atomic E-state index is 13.3. The lowest BCUT2D eigenvalue weighted by molar-refractivity contribution is 0.221. The first-order valence-electron chi connectivity index (χ1n) is 7.21. The van der Waals surface area contributed by atoms with E-state index >= 15 is 0 Å². The van der Waals surface area contributed by atoms with E-state index in [9.17, 15) is 4.39 Å². The van der Waals surface area contributed by atoms with Gasteiger partial charge in [0.1, 0.15) is 11.6 Å². The number of piperidine rings is 1. The fourth-order valence-electron chi connectivity index (χ4n) is 2.93. The molecular weight excluding hydrogens is 277 g/mol. The maximum absolute atomic E-state index is 13.3. The van der Waals surface area contributed by atoms with E-state index < -0.39 is 0 Å². The highest BCUT2D eigenvalue weighted by Crippen LogP contribution is 2.19. The van der Waals surface area contributed by atoms with Gasteiger partial charge in [0.15, 0.2) is 0 Å². The smallest absolute Gasteiger partial charge is 0.125 e. The second-order valence-corrected chi connectivity index (χ2v) is 5.62. The molecule has 0 N–H and O–H groups in total. The van der Waals surface area contributed by atoms with Crippen LogP contribution in [0, 0.1) is 5.82 Å². The summed E-state index contributed by atoms with van der Waals surface area (Å²) in [5.41, 5.74) is 1.67. The molecule has 0 amide bonds. The summed E-state index contributed by atoms with van der Waals surface area (Å²) in [5.74, 6) is 0.930. The Morgan fingerprint density at radius 1 is 1.15 bits per heavy atom. The maximum Gasteiger partial charge on any atom is 0.125 e. The molecule has 5 heteroatoms. The number of rotatable bonds is 4. The number of likely N-dealkylation sites (tertiary alicyclic amines) is 1. The Bertz CT molecular complexity index is 590. The van der Waals surface area contributed by atoms with Gasteiger partial charge >= 0.3 is 0 Å². The molecule has 1 saturated heterocycles. The summed E-state index contributed by atoms with van der Waals surface area (Å²) in [7, 11) is 0. The molecule has 0 atom stereocenters. The molecule has 1 fully saturated rings. The average Bonchev–Trinajstić information content (AvgIpc) is 2.83. The summed E-state index contributed by atoms with van der Waals surface area (Å²) in [6.45, 7) is 4.23. The molecule has 3 nitrogen and oxygen atoms in total. The van der Waals surface area contributed by atoms with Crippen molar-refractivity contribution in [1.29, 1.82) is 0 Å². The fraction of sp³-hybridized carbons (Fsp3) is 0.533. The molecule has 0 saturated carbocycles. The summed E-state index contributed by atoms with van der Waals surface area (Å²) < 4.78 is 15.4. The van der Waals surface area contributed by atoms with E-state index in [1.165, 1.54) is 44.5 Å². The molecule has 108 valence electrons. The van der Waals surface area contributed by atoms with Crippen molar-refractivity contribution < 1.29 is 4.39 Å². The van der Waals surface area contributed by atoms with Crippen LogP contribution in [0.5, 0.6) is 0 Å². The topological polar surface area (TPSA) is 21.1 Å². The van der Waals surface area contributed by atoms with Gasteiger partial charge in [0.05, 0.1) is 16.9 Å². The number of fused-ring (bicyclic) bond motifs is 1. The monoisotopic (exact) mass is 295 g/mol. The SMILES string of the molecule is Fc1ccc2c(c1)nc(CCl)n2CCN1CCCCC1. The van der Waals surface area contributed by atoms with Crippen molar-refractivity contribution in [3.05, 3.63) is 29.8 Å². The number of halogens is 2. The number of aromatic nitrogens is 2. The van der Waals surface area contributed by atoms with Crippen LogP contribution < -0.4 is 0 Å². The van der Waals surface area contributed by atoms with Crippen molar-refractivity contribution in [2.24, 2.45) is 0 Å². The van der Waals surface area contributed by atoms with Gasteiger partial charge in [-0.1, -0.05) is 6.42 Å². The Morgan fingerprint density at radius 2 is 1.95 bits per heavy atom. The molecule has 1 aliphatic rings. The molecule has 1 aromatic carbocycles. The van der Waals surface area contributed by atoms with Crippen LogP contribution in [0.25, 0.3) is 11.0 Å². The summed E-state index contributed by atoms with van der Waals surface area (Å²) in [5, 5.41) is 0. The normalized spacial score (nSPS) is 16.9. The van der Waals surface area contributed by atoms with E-state index in [1.807, 2.05) is 0 Å². The van der Waals surface area contributed by atoms with E-state index in [0.29, 0.717) is 11.4 Å². The van der Waals surface area contributed by atoms with Gasteiger partial charge in [0.2, 0.25) is 0 Å². The predicted octanol–water partition coefficient (Wildman–Crippen LogP) is 3.40. The van der Waals surface area contributed by atoms with Gasteiger partial charge in [-0.05, 0) is 38.1 Å². The zero-order valence-corrected chi connectivity index (χ0v) is 12.2. The molecule has 0 radical (unpaired) electrons. The van der Waals surface area contributed by atoms with Crippen LogP contribution in [0.3, 0.4) is 0 Å². The quantitative estimate of drug-likeness (QED) is 0.806. The summed E-state index contributed by atoms with van der Waals surface area (Å²) in [6, 6.07) is 4.76. The van der Waals surface area contributed by atoms with Crippen molar-refractivity contribution in [2.45, 2.75) is 31.7 Å². The minimum Gasteiger partial charge on any atom is -0.326 e. The molecule has 0 spiro atoms. The van der Waals surface area contributed by atoms with Crippen LogP contribution in [-0.2, 0) is 12.4 Å². The van der Waals surface area contributed by atoms with E-state index in [4.69, 9.17) is 11.6 Å². The van der Waals surface area contributed by atoms with Gasteiger partial charge in [0, 0.05) is 19.2 Å². The lowest BCUT2D eigenvalue weighted by atomic mass is 10.1. The highest BCUT2D eigenvalue weighted by Gasteiger charge is 2.14. The first kappa shape index (κ1) is 13.8. The van der Waals surface area contributed by atoms with E-state index in [2.05, 4.69) is 14.5 Å². The Morgan fingerprint density at radius 3 is 2.70 bits per heavy atom. The van der Waals surface area contributed by atoms with Crippen molar-refractivity contribution >= 4 is 22.6 Å². The van der Waals surface area contributed by atoms with Crippen molar-refractivity contribution in [3.8, 4) is 0 Å². The highest BCUT2D eigenvalue weighted by molar-refractivity contribution is 6.16. The molecule has 0 aliphatic carbocycles. The molecule has 3 rings (SSSR count). The Kier molecular flexibility index (Phi) is 4.22. The van der Waals surface area contributed by atoms with Crippen LogP contribution in [0.4, 0.5) is 4.39 Å². The largest absolute Gasteiger partial charge is 0.326 e. The van der Waals surface area contributed by atoms with Gasteiger partial charge in [-0.25, -0.2) is 9.37 Å². The van der Waals surface area contributed by atoms with Gasteiger partial charge in [-0.15, -0.1) is 11.6 Å². The highest BCUT2D eigenvalue weighted by atomic mass is 35.5. The third-order valence-corrected chi connectivity index (χ3v) is 4.24. The molecule has 1 aromatic heterocycles. The van der Waals surface area contributed by atoms with Gasteiger partial charge in [-0.2, -0.15) is 0 Å². The lowest BCUT2D eigenvalue weighted by Crippen LogP contribution is -2.32. The van der Waals surface area contributed by atoms with Gasteiger partial charge in [0.25, 0.3) is 0 Å². The predicted molar refractivity (Wildman–Crippen MR) is 79.5 cm³/mol. The Labute approximate surface area is 123 Å². The summed E-state index contributed by atoms with van der Waals surface area (Å²) in [4.78, 5) is 6.91. The summed E-state index contributed by atoms with van der Waals surface area (Å²) in [6.07, 6.45) is 3.92. The first-order chi connectivity index (χ1) is 9.78. The third kappa shape index (κ3) is 2.81. The van der Waals surface area contributed by atoms with Gasteiger partial charge in [-0.3, -0.25) is 0 Å². The zero-order valence-electron chi connectivity index (χ0n) is 11.5. The van der Waals surface area contributed by atoms with Crippen molar-refractivity contribution in [2.75, 3.05) is 19.6 Å². The minimum atomic E-state index is -0.251. The number of imidazole rings is 1. The number of alkyl halides is 1. The molecule has 2 heterocycles. The molecule has 20 heavy (non-hydrogen) atoms. The standard InChI is InChI=1S/C15H19ClFN3/c16-11-15-18-13-10-12(17)4-5-14(13)20(15)9-8-19-6-2-1-3-7-19/h4-5,10H,1-3,6-9,11H2. The van der Waals surface area contributed by atoms with Crippen LogP contribution >= 0.6 is 11.6 Å². The van der Waals surface area contributed by atoms with Crippen LogP contribution in [0.1, 0.15) is 25.1 Å². The number of hydrogen-bond donors (Lipinski definition) is 0. The minimum absolute atomic E-state index is 0.251. The Hall–Kier alpha value is -1.13. The van der Waals surface area contributed by atoms with E-state index in [1.54, 1.807) is 6.07 Å². The molecule has 2 aromatic rings. The molecule has 1 aliphatic heterocycles. The van der Waals surface area contributed by atoms with Crippen LogP contribution in [0.2, 0.25) is 0 Å². The second kappa shape index (κ2) is 6.10. The number of hydrogen-bond acceptors (Lipinski definition) is 2. The fourth-order valence-corrected chi connectivity index (χ4v) is 3.13. The van der Waals surface area contributed by atoms with Crippen LogP contribution in [0.15, 0.2) is 18.2 Å². The first-order valence-corrected chi connectivity index (χ1v) is 7.74. The zero-order chi connectivity index (χ0) is 13.9. The molecule has 0 unspecified atom stereocenters. The average molecular weight is 296 g/mol. The summed E-state index contributed by atoms with van der Waals surface area (Å²) >= 11 is 5.97. The van der Waals surface area contributed by atoms with Gasteiger partial charge < -0.3 is 9.47 Å². The Balaban J connectivity index is 1.81. The van der Waals surface area contributed by atoms with Crippen molar-refractivity contribution in [1.82, 2.24) is 14.5 Å². The number of benzene rings is 1. The van der Waals surface area contributed by atoms with Crippen LogP contribution in [-0.4, -0.2) is 34.1 Å². The third-order valence-electron chi connectivity index (χ3n) is 4.00. The number of nitrogens with zero attached hydrogens (tertiary/aromatic N) is 3. The second-order valence-electron chi connectivity index (χ2n) is 5.35. The van der Waals surface area contributed by atoms with E-state index in [-0.39, 0.29) is 5.82 Å².